The Labute approximate surface area is 295 Å². The topological polar surface area (TPSA) is 137 Å². The number of carbonyl (C=O) groups excluding carboxylic acids is 5. The molecule has 4 fully saturated rings. The van der Waals surface area contributed by atoms with Crippen LogP contribution in [-0.4, -0.2) is 71.2 Å². The highest BCUT2D eigenvalue weighted by Gasteiger charge is 2.64. The third-order valence-corrected chi connectivity index (χ3v) is 11.9. The molecule has 0 aromatic rings. The summed E-state index contributed by atoms with van der Waals surface area (Å²) in [5, 5.41) is 11.9. The monoisotopic (exact) mass is 683 g/mol. The summed E-state index contributed by atoms with van der Waals surface area (Å²) in [5.74, 6) is -1.93. The maximum Gasteiger partial charge on any atom is 0.315 e. The maximum atomic E-state index is 14.7. The highest BCUT2D eigenvalue weighted by Crippen LogP contribution is 2.66. The molecule has 3 saturated carbocycles. The third kappa shape index (κ3) is 9.46. The first-order chi connectivity index (χ1) is 23.0. The summed E-state index contributed by atoms with van der Waals surface area (Å²) in [7, 11) is 0. The lowest BCUT2D eigenvalue weighted by molar-refractivity contribution is -0.144. The number of urea groups is 1. The fourth-order valence-corrected chi connectivity index (χ4v) is 8.97. The van der Waals surface area contributed by atoms with E-state index in [1.165, 1.54) is 12.5 Å². The number of hydrogen-bond donors (Lipinski definition) is 4. The quantitative estimate of drug-likeness (QED) is 0.136. The lowest BCUT2D eigenvalue weighted by Crippen LogP contribution is -2.62. The van der Waals surface area contributed by atoms with Crippen LogP contribution < -0.4 is 21.3 Å². The van der Waals surface area contributed by atoms with Crippen LogP contribution in [0.3, 0.4) is 0 Å². The van der Waals surface area contributed by atoms with Crippen molar-refractivity contribution in [2.24, 2.45) is 28.1 Å². The zero-order chi connectivity index (χ0) is 36.2. The molecule has 0 aromatic carbocycles. The average Bonchev–Trinajstić information content (AvgIpc) is 3.59. The fourth-order valence-electron chi connectivity index (χ4n) is 8.97. The van der Waals surface area contributed by atoms with Crippen LogP contribution in [0.1, 0.15) is 138 Å². The van der Waals surface area contributed by atoms with E-state index in [1.807, 2.05) is 27.7 Å². The van der Waals surface area contributed by atoms with Gasteiger partial charge in [0, 0.05) is 18.6 Å². The molecular formula is C39H65N5O5. The van der Waals surface area contributed by atoms with E-state index in [0.717, 1.165) is 70.6 Å². The molecule has 276 valence electrons. The number of rotatable bonds is 14. The summed E-state index contributed by atoms with van der Waals surface area (Å²) in [5.41, 5.74) is -0.521. The second-order valence-electron chi connectivity index (χ2n) is 18.0. The Morgan fingerprint density at radius 3 is 2.18 bits per heavy atom. The van der Waals surface area contributed by atoms with Crippen LogP contribution in [0.15, 0.2) is 12.7 Å². The Hall–Kier alpha value is -2.91. The van der Waals surface area contributed by atoms with Gasteiger partial charge in [0.05, 0.1) is 6.04 Å². The smallest absolute Gasteiger partial charge is 0.315 e. The molecule has 1 spiro atoms. The van der Waals surface area contributed by atoms with Crippen LogP contribution in [0.5, 0.6) is 0 Å². The first-order valence-corrected chi connectivity index (χ1v) is 19.1. The molecule has 5 amide bonds. The predicted octanol–water partition coefficient (Wildman–Crippen LogP) is 5.79. The van der Waals surface area contributed by atoms with E-state index < -0.39 is 35.2 Å². The lowest BCUT2D eigenvalue weighted by atomic mass is 9.76. The molecule has 5 atom stereocenters. The summed E-state index contributed by atoms with van der Waals surface area (Å²) in [6.07, 6.45) is 14.7. The normalized spacial score (nSPS) is 25.1. The highest BCUT2D eigenvalue weighted by atomic mass is 16.2. The van der Waals surface area contributed by atoms with Crippen molar-refractivity contribution in [3.8, 4) is 0 Å². The number of Topliss-reactive ketones (excluding diaryl/α,β-unsaturated/α-hetero) is 1. The van der Waals surface area contributed by atoms with Crippen molar-refractivity contribution in [2.45, 2.75) is 162 Å². The Bertz CT molecular complexity index is 1240. The zero-order valence-electron chi connectivity index (χ0n) is 31.5. The minimum atomic E-state index is -0.984. The van der Waals surface area contributed by atoms with Crippen molar-refractivity contribution in [1.29, 1.82) is 0 Å². The second kappa shape index (κ2) is 15.5. The molecule has 0 bridgehead atoms. The number of amides is 5. The SMILES string of the molecule is C=CCNC(=O)C(=O)C(CCC)NC(=O)[C@@H]1[C@H]2CCC3(CC3)[C@H]2CN1C(=O)[C@@H](NC(=O)NC1(CCCC(C)(C)C)CCCCC1)C(C)(C)C. The van der Waals surface area contributed by atoms with Crippen LogP contribution in [0.25, 0.3) is 0 Å². The van der Waals surface area contributed by atoms with Gasteiger partial charge in [-0.15, -0.1) is 6.58 Å². The first kappa shape index (κ1) is 38.9. The van der Waals surface area contributed by atoms with Crippen LogP contribution >= 0.6 is 0 Å². The van der Waals surface area contributed by atoms with Crippen LogP contribution in [0.2, 0.25) is 0 Å². The summed E-state index contributed by atoms with van der Waals surface area (Å²) >= 11 is 0. The fraction of sp³-hybridized carbons (Fsp3) is 0.821. The van der Waals surface area contributed by atoms with E-state index in [1.54, 1.807) is 4.90 Å². The predicted molar refractivity (Wildman–Crippen MR) is 192 cm³/mol. The van der Waals surface area contributed by atoms with Gasteiger partial charge in [0.1, 0.15) is 12.1 Å². The van der Waals surface area contributed by atoms with Gasteiger partial charge < -0.3 is 26.2 Å². The van der Waals surface area contributed by atoms with Crippen molar-refractivity contribution in [3.63, 3.8) is 0 Å². The second-order valence-corrected chi connectivity index (χ2v) is 18.0. The molecule has 1 heterocycles. The molecule has 4 N–H and O–H groups in total. The number of carbonyl (C=O) groups is 5. The van der Waals surface area contributed by atoms with E-state index in [4.69, 9.17) is 0 Å². The molecular weight excluding hydrogens is 618 g/mol. The van der Waals surface area contributed by atoms with Gasteiger partial charge in [0.25, 0.3) is 5.91 Å². The molecule has 4 rings (SSSR count). The van der Waals surface area contributed by atoms with Crippen LogP contribution in [0, 0.1) is 28.1 Å². The van der Waals surface area contributed by atoms with Gasteiger partial charge in [-0.1, -0.05) is 86.6 Å². The summed E-state index contributed by atoms with van der Waals surface area (Å²) < 4.78 is 0. The molecule has 3 aliphatic carbocycles. The highest BCUT2D eigenvalue weighted by molar-refractivity contribution is 6.38. The van der Waals surface area contributed by atoms with Crippen molar-refractivity contribution in [2.75, 3.05) is 13.1 Å². The first-order valence-electron chi connectivity index (χ1n) is 19.1. The minimum absolute atomic E-state index is 0.0267. The van der Waals surface area contributed by atoms with Gasteiger partial charge in [-0.3, -0.25) is 19.2 Å². The minimum Gasteiger partial charge on any atom is -0.346 e. The number of nitrogens with zero attached hydrogens (tertiary/aromatic N) is 1. The van der Waals surface area contributed by atoms with Gasteiger partial charge >= 0.3 is 6.03 Å². The Kier molecular flexibility index (Phi) is 12.3. The average molecular weight is 684 g/mol. The molecule has 1 saturated heterocycles. The molecule has 0 aromatic heterocycles. The molecule has 4 aliphatic rings. The molecule has 10 nitrogen and oxygen atoms in total. The third-order valence-electron chi connectivity index (χ3n) is 11.9. The Morgan fingerprint density at radius 1 is 0.939 bits per heavy atom. The van der Waals surface area contributed by atoms with E-state index in [2.05, 4.69) is 48.6 Å². The van der Waals surface area contributed by atoms with Gasteiger partial charge in [0.2, 0.25) is 17.6 Å². The lowest BCUT2D eigenvalue weighted by Gasteiger charge is -2.41. The van der Waals surface area contributed by atoms with Gasteiger partial charge in [-0.2, -0.15) is 0 Å². The number of nitrogens with one attached hydrogen (secondary N) is 4. The van der Waals surface area contributed by atoms with E-state index in [0.29, 0.717) is 19.4 Å². The van der Waals surface area contributed by atoms with Crippen molar-refractivity contribution >= 4 is 29.5 Å². The van der Waals surface area contributed by atoms with Crippen LogP contribution in [0.4, 0.5) is 4.79 Å². The summed E-state index contributed by atoms with van der Waals surface area (Å²) in [6, 6.07) is -2.94. The molecule has 1 aliphatic heterocycles. The van der Waals surface area contributed by atoms with E-state index in [9.17, 15) is 24.0 Å². The van der Waals surface area contributed by atoms with E-state index in [-0.39, 0.29) is 52.6 Å². The largest absolute Gasteiger partial charge is 0.346 e. The standard InChI is InChI=1S/C39H65N5O5/c1-9-15-28(30(45)33(47)40-24-10-2)41-32(46)29-26-16-21-38(22-23-38)27(26)25-44(29)34(48)31(37(6,7)8)42-35(49)43-39(18-12-11-13-19-39)20-14-17-36(3,4)5/h10,26-29,31H,2,9,11-25H2,1,3-8H3,(H,40,47)(H,41,46)(H2,42,43,49)/t26-,27-,28?,29-,31+/m0/s1. The molecule has 1 unspecified atom stereocenters. The Morgan fingerprint density at radius 2 is 1.61 bits per heavy atom. The number of fused-ring (bicyclic) bond motifs is 2. The summed E-state index contributed by atoms with van der Waals surface area (Å²) in [6.45, 7) is 18.7. The van der Waals surface area contributed by atoms with Crippen molar-refractivity contribution in [1.82, 2.24) is 26.2 Å². The Balaban J connectivity index is 1.54. The van der Waals surface area contributed by atoms with Gasteiger partial charge in [0.15, 0.2) is 0 Å². The zero-order valence-corrected chi connectivity index (χ0v) is 31.5. The maximum absolute atomic E-state index is 14.7. The summed E-state index contributed by atoms with van der Waals surface area (Å²) in [4.78, 5) is 70.2. The van der Waals surface area contributed by atoms with Gasteiger partial charge in [-0.05, 0) is 85.9 Å². The van der Waals surface area contributed by atoms with Crippen LogP contribution in [-0.2, 0) is 19.2 Å². The van der Waals surface area contributed by atoms with E-state index >= 15 is 0 Å². The van der Waals surface area contributed by atoms with Crippen molar-refractivity contribution in [3.05, 3.63) is 12.7 Å². The number of hydrogen-bond acceptors (Lipinski definition) is 5. The molecule has 10 heteroatoms. The molecule has 0 radical (unpaired) electrons. The van der Waals surface area contributed by atoms with Crippen molar-refractivity contribution < 1.29 is 24.0 Å². The number of likely N-dealkylation sites (tertiary alicyclic amines) is 1. The van der Waals surface area contributed by atoms with Gasteiger partial charge in [-0.25, -0.2) is 4.79 Å². The number of ketones is 1. The molecule has 49 heavy (non-hydrogen) atoms.